The van der Waals surface area contributed by atoms with Crippen molar-refractivity contribution in [1.82, 2.24) is 0 Å². The molecule has 1 aliphatic rings. The van der Waals surface area contributed by atoms with Crippen molar-refractivity contribution in [2.75, 3.05) is 0 Å². The fourth-order valence-corrected chi connectivity index (χ4v) is 10.7. The first-order chi connectivity index (χ1) is 30.2. The molecule has 13 rings (SSSR count). The Hall–Kier alpha value is -7.80. The van der Waals surface area contributed by atoms with E-state index in [1.54, 1.807) is 0 Å². The summed E-state index contributed by atoms with van der Waals surface area (Å²) in [5.74, 6) is 0. The van der Waals surface area contributed by atoms with Gasteiger partial charge in [-0.1, -0.05) is 194 Å². The molecule has 0 aromatic heterocycles. The molecule has 282 valence electrons. The van der Waals surface area contributed by atoms with E-state index in [-0.39, 0.29) is 0 Å². The molecule has 12 aromatic rings. The number of hydrogen-bond acceptors (Lipinski definition) is 0. The lowest BCUT2D eigenvalue weighted by Crippen LogP contribution is -2.25. The van der Waals surface area contributed by atoms with Crippen molar-refractivity contribution in [1.29, 1.82) is 0 Å². The second-order valence-electron chi connectivity index (χ2n) is 16.7. The van der Waals surface area contributed by atoms with Crippen molar-refractivity contribution in [3.05, 3.63) is 240 Å². The van der Waals surface area contributed by atoms with E-state index in [1.165, 1.54) is 130 Å². The van der Waals surface area contributed by atoms with Crippen LogP contribution in [0.1, 0.15) is 17.5 Å². The van der Waals surface area contributed by atoms with E-state index in [4.69, 9.17) is 0 Å². The van der Waals surface area contributed by atoms with E-state index in [9.17, 15) is 0 Å². The van der Waals surface area contributed by atoms with Gasteiger partial charge < -0.3 is 0 Å². The van der Waals surface area contributed by atoms with E-state index < -0.39 is 0 Å². The minimum Gasteiger partial charge on any atom is -0.0616 e. The maximum atomic E-state index is 2.42. The molecule has 12 aromatic carbocycles. The highest BCUT2D eigenvalue weighted by Crippen LogP contribution is 2.40. The summed E-state index contributed by atoms with van der Waals surface area (Å²) in [6.07, 6.45) is 0.860. The monoisotopic (exact) mass is 770 g/mol. The van der Waals surface area contributed by atoms with Crippen LogP contribution in [-0.2, 0) is 0 Å². The van der Waals surface area contributed by atoms with Crippen molar-refractivity contribution in [2.24, 2.45) is 0 Å². The lowest BCUT2D eigenvalue weighted by molar-refractivity contribution is 1.40. The molecule has 0 nitrogen and oxygen atoms in total. The minimum absolute atomic E-state index is 0.860. The first-order valence-corrected chi connectivity index (χ1v) is 21.4. The van der Waals surface area contributed by atoms with Crippen LogP contribution in [0, 0.1) is 0 Å². The van der Waals surface area contributed by atoms with Gasteiger partial charge in [-0.05, 0) is 161 Å². The number of rotatable bonds is 4. The molecule has 0 N–H and O–H groups in total. The van der Waals surface area contributed by atoms with Gasteiger partial charge in [0.25, 0.3) is 0 Å². The van der Waals surface area contributed by atoms with Crippen molar-refractivity contribution in [3.8, 4) is 22.3 Å². The van der Waals surface area contributed by atoms with Crippen molar-refractivity contribution in [2.45, 2.75) is 6.42 Å². The number of fused-ring (bicyclic) bond motifs is 15. The topological polar surface area (TPSA) is 0 Å². The van der Waals surface area contributed by atoms with Crippen LogP contribution in [0.3, 0.4) is 0 Å². The first kappa shape index (κ1) is 34.1. The van der Waals surface area contributed by atoms with Gasteiger partial charge in [-0.2, -0.15) is 0 Å². The highest BCUT2D eigenvalue weighted by molar-refractivity contribution is 6.27. The number of benzene rings is 12. The molecular weight excluding hydrogens is 733 g/mol. The zero-order valence-corrected chi connectivity index (χ0v) is 33.5. The maximum Gasteiger partial charge on any atom is -0.000132 e. The van der Waals surface area contributed by atoms with Gasteiger partial charge in [-0.3, -0.25) is 0 Å². The average Bonchev–Trinajstić information content (AvgIpc) is 3.74. The Labute approximate surface area is 353 Å². The molecule has 0 radical (unpaired) electrons. The molecule has 0 fully saturated rings. The Bertz CT molecular complexity index is 3890. The predicted octanol–water partition coefficient (Wildman–Crippen LogP) is 14.9. The third-order valence-electron chi connectivity index (χ3n) is 13.5. The lowest BCUT2D eigenvalue weighted by atomic mass is 9.90. The summed E-state index contributed by atoms with van der Waals surface area (Å²) in [7, 11) is 0. The van der Waals surface area contributed by atoms with Crippen molar-refractivity contribution >= 4 is 86.6 Å². The van der Waals surface area contributed by atoms with E-state index in [0.717, 1.165) is 6.42 Å². The zero-order valence-electron chi connectivity index (χ0n) is 33.5. The quantitative estimate of drug-likeness (QED) is 0.156. The standard InChI is InChI=1S/C61H38/c1-2-18-45-38(13-1)27-32-56-57(43-16-11-14-39(33-43)41-28-30-54-50-23-5-3-19-46(50)48-21-7-9-25-52(48)59(54)35-41)37-58(61(45)56)44-17-12-15-40(34-44)42-29-31-55-51-24-6-4-20-47(51)49-22-8-10-26-53(49)60(55)36-42/h1-36H,37H2. The fraction of sp³-hybridized carbons (Fsp3) is 0.0164. The van der Waals surface area contributed by atoms with Gasteiger partial charge in [-0.25, -0.2) is 0 Å². The Kier molecular flexibility index (Phi) is 7.47. The Balaban J connectivity index is 0.961. The van der Waals surface area contributed by atoms with Gasteiger partial charge in [-0.15, -0.1) is 0 Å². The molecule has 0 saturated carbocycles. The highest BCUT2D eigenvalue weighted by Gasteiger charge is 2.20. The van der Waals surface area contributed by atoms with E-state index in [1.807, 2.05) is 0 Å². The van der Waals surface area contributed by atoms with Crippen LogP contribution in [0.15, 0.2) is 218 Å². The van der Waals surface area contributed by atoms with Crippen LogP contribution < -0.4 is 10.4 Å². The third-order valence-corrected chi connectivity index (χ3v) is 13.5. The molecule has 0 heterocycles. The van der Waals surface area contributed by atoms with Crippen LogP contribution in [-0.4, -0.2) is 0 Å². The summed E-state index contributed by atoms with van der Waals surface area (Å²) in [6.45, 7) is 0. The Morgan fingerprint density at radius 3 is 1.05 bits per heavy atom. The first-order valence-electron chi connectivity index (χ1n) is 21.4. The van der Waals surface area contributed by atoms with Gasteiger partial charge >= 0.3 is 0 Å². The van der Waals surface area contributed by atoms with Gasteiger partial charge in [0, 0.05) is 0 Å². The van der Waals surface area contributed by atoms with Crippen molar-refractivity contribution in [3.63, 3.8) is 0 Å². The lowest BCUT2D eigenvalue weighted by Gasteiger charge is -2.14. The zero-order chi connectivity index (χ0) is 40.0. The summed E-state index contributed by atoms with van der Waals surface area (Å²) in [6, 6.07) is 81.5. The van der Waals surface area contributed by atoms with Gasteiger partial charge in [0.05, 0.1) is 0 Å². The summed E-state index contributed by atoms with van der Waals surface area (Å²) < 4.78 is 0. The fourth-order valence-electron chi connectivity index (χ4n) is 10.7. The van der Waals surface area contributed by atoms with Crippen LogP contribution in [0.25, 0.3) is 109 Å². The van der Waals surface area contributed by atoms with Gasteiger partial charge in [0.1, 0.15) is 0 Å². The molecule has 0 amide bonds. The second kappa shape index (κ2) is 13.4. The molecule has 0 saturated heterocycles. The van der Waals surface area contributed by atoms with E-state index >= 15 is 0 Å². The number of hydrogen-bond donors (Lipinski definition) is 0. The van der Waals surface area contributed by atoms with Gasteiger partial charge in [0.2, 0.25) is 0 Å². The van der Waals surface area contributed by atoms with Crippen molar-refractivity contribution < 1.29 is 0 Å². The molecule has 61 heavy (non-hydrogen) atoms. The van der Waals surface area contributed by atoms with Crippen LogP contribution in [0.2, 0.25) is 0 Å². The average molecular weight is 771 g/mol. The largest absolute Gasteiger partial charge is 0.0616 e. The van der Waals surface area contributed by atoms with Crippen LogP contribution in [0.4, 0.5) is 0 Å². The molecule has 0 unspecified atom stereocenters. The molecular formula is C61H38. The predicted molar refractivity (Wildman–Crippen MR) is 262 cm³/mol. The molecule has 1 aliphatic carbocycles. The summed E-state index contributed by atoms with van der Waals surface area (Å²) in [5, 5.41) is 20.9. The summed E-state index contributed by atoms with van der Waals surface area (Å²) in [4.78, 5) is 0. The smallest absolute Gasteiger partial charge is 0.000132 e. The molecule has 0 atom stereocenters. The summed E-state index contributed by atoms with van der Waals surface area (Å²) in [5.41, 5.74) is 10.3. The minimum atomic E-state index is 0.860. The van der Waals surface area contributed by atoms with Crippen LogP contribution >= 0.6 is 0 Å². The normalized spacial score (nSPS) is 12.8. The molecule has 0 spiro atoms. The highest BCUT2D eigenvalue weighted by atomic mass is 14.2. The SMILES string of the molecule is c1cc(C2=c3ccc4ccccc4c3=C(c3cccc(-c4ccc5c6ccccc6c6ccccc6c5c4)c3)C2)cc(-c2ccc3c4ccccc4c4ccccc4c3c2)c1. The summed E-state index contributed by atoms with van der Waals surface area (Å²) >= 11 is 0. The second-order valence-corrected chi connectivity index (χ2v) is 16.7. The van der Waals surface area contributed by atoms with Gasteiger partial charge in [0.15, 0.2) is 0 Å². The van der Waals surface area contributed by atoms with E-state index in [0.29, 0.717) is 0 Å². The molecule has 0 heteroatoms. The third kappa shape index (κ3) is 5.26. The Morgan fingerprint density at radius 2 is 0.574 bits per heavy atom. The van der Waals surface area contributed by atoms with E-state index in [2.05, 4.69) is 218 Å². The molecule has 0 bridgehead atoms. The Morgan fingerprint density at radius 1 is 0.213 bits per heavy atom. The molecule has 0 aliphatic heterocycles. The maximum absolute atomic E-state index is 2.42. The van der Waals surface area contributed by atoms with Crippen LogP contribution in [0.5, 0.6) is 0 Å².